The van der Waals surface area contributed by atoms with Crippen molar-refractivity contribution < 1.29 is 4.79 Å². The van der Waals surface area contributed by atoms with Crippen molar-refractivity contribution >= 4 is 5.91 Å². The highest BCUT2D eigenvalue weighted by Crippen LogP contribution is 2.36. The Morgan fingerprint density at radius 3 is 3.05 bits per heavy atom. The molecule has 1 aliphatic carbocycles. The van der Waals surface area contributed by atoms with Crippen molar-refractivity contribution in [1.82, 2.24) is 10.2 Å². The van der Waals surface area contributed by atoms with Crippen LogP contribution in [0, 0.1) is 0 Å². The number of allylic oxidation sites excluding steroid dienone is 4. The third kappa shape index (κ3) is 2.20. The van der Waals surface area contributed by atoms with E-state index in [0.717, 1.165) is 55.6 Å². The van der Waals surface area contributed by atoms with Crippen molar-refractivity contribution in [1.29, 1.82) is 0 Å². The Morgan fingerprint density at radius 1 is 1.30 bits per heavy atom. The molecule has 1 atom stereocenters. The Bertz CT molecular complexity index is 554. The zero-order chi connectivity index (χ0) is 13.9. The van der Waals surface area contributed by atoms with Crippen molar-refractivity contribution in [2.75, 3.05) is 13.1 Å². The van der Waals surface area contributed by atoms with E-state index in [1.54, 1.807) is 0 Å². The molecule has 0 spiro atoms. The summed E-state index contributed by atoms with van der Waals surface area (Å²) in [6.07, 6.45) is 11.9. The van der Waals surface area contributed by atoms with E-state index >= 15 is 0 Å². The predicted molar refractivity (Wildman–Crippen MR) is 79.9 cm³/mol. The largest absolute Gasteiger partial charge is 0.317 e. The SMILES string of the molecule is C=C=C1C2=C(C=CC=CC2)C(=O)N1C1CCCNCC1. The van der Waals surface area contributed by atoms with Gasteiger partial charge in [0.1, 0.15) is 0 Å². The molecule has 104 valence electrons. The highest BCUT2D eigenvalue weighted by atomic mass is 16.2. The second-order valence-electron chi connectivity index (χ2n) is 5.42. The van der Waals surface area contributed by atoms with Crippen LogP contribution in [0.15, 0.2) is 53.5 Å². The van der Waals surface area contributed by atoms with Crippen LogP contribution in [0.25, 0.3) is 0 Å². The second kappa shape index (κ2) is 5.66. The van der Waals surface area contributed by atoms with Crippen LogP contribution in [-0.4, -0.2) is 29.9 Å². The Balaban J connectivity index is 1.94. The molecule has 3 aliphatic rings. The van der Waals surface area contributed by atoms with Gasteiger partial charge < -0.3 is 5.32 Å². The smallest absolute Gasteiger partial charge is 0.259 e. The van der Waals surface area contributed by atoms with E-state index in [1.165, 1.54) is 0 Å². The van der Waals surface area contributed by atoms with Gasteiger partial charge in [0.25, 0.3) is 5.91 Å². The number of nitrogens with zero attached hydrogens (tertiary/aromatic N) is 1. The molecule has 0 bridgehead atoms. The molecular weight excluding hydrogens is 248 g/mol. The summed E-state index contributed by atoms with van der Waals surface area (Å²) in [5.41, 5.74) is 5.81. The van der Waals surface area contributed by atoms with E-state index in [4.69, 9.17) is 0 Å². The topological polar surface area (TPSA) is 32.3 Å². The Hall–Kier alpha value is -1.83. The number of amides is 1. The van der Waals surface area contributed by atoms with E-state index < -0.39 is 0 Å². The van der Waals surface area contributed by atoms with Gasteiger partial charge in [-0.05, 0) is 44.8 Å². The lowest BCUT2D eigenvalue weighted by Crippen LogP contribution is -2.37. The van der Waals surface area contributed by atoms with Crippen LogP contribution in [0.4, 0.5) is 0 Å². The maximum absolute atomic E-state index is 12.8. The van der Waals surface area contributed by atoms with E-state index in [0.29, 0.717) is 0 Å². The molecule has 3 rings (SSSR count). The quantitative estimate of drug-likeness (QED) is 0.741. The fraction of sp³-hybridized carbons (Fsp3) is 0.412. The third-order valence-corrected chi connectivity index (χ3v) is 4.21. The molecule has 0 aromatic heterocycles. The van der Waals surface area contributed by atoms with E-state index in [1.807, 2.05) is 23.1 Å². The van der Waals surface area contributed by atoms with E-state index in [2.05, 4.69) is 23.7 Å². The molecule has 1 N–H and O–H groups in total. The normalized spacial score (nSPS) is 26.4. The standard InChI is InChI=1S/C17H20N2O/c1-2-16-14-8-4-3-5-9-15(14)17(20)19(16)13-7-6-11-18-12-10-13/h3-5,9,13,18H,1,6-8,10-12H2. The average molecular weight is 268 g/mol. The summed E-state index contributed by atoms with van der Waals surface area (Å²) < 4.78 is 0. The molecular formula is C17H20N2O. The summed E-state index contributed by atoms with van der Waals surface area (Å²) in [6, 6.07) is 0.269. The summed E-state index contributed by atoms with van der Waals surface area (Å²) in [5.74, 6) is 0.123. The van der Waals surface area contributed by atoms with Crippen LogP contribution in [0.5, 0.6) is 0 Å². The number of nitrogens with one attached hydrogen (secondary N) is 1. The fourth-order valence-corrected chi connectivity index (χ4v) is 3.23. The van der Waals surface area contributed by atoms with Gasteiger partial charge in [-0.25, -0.2) is 0 Å². The third-order valence-electron chi connectivity index (χ3n) is 4.21. The van der Waals surface area contributed by atoms with E-state index in [-0.39, 0.29) is 11.9 Å². The zero-order valence-electron chi connectivity index (χ0n) is 11.7. The summed E-state index contributed by atoms with van der Waals surface area (Å²) >= 11 is 0. The summed E-state index contributed by atoms with van der Waals surface area (Å²) in [6.45, 7) is 5.83. The molecule has 2 aliphatic heterocycles. The first-order valence-electron chi connectivity index (χ1n) is 7.34. The number of carbonyl (C=O) groups is 1. The molecule has 1 unspecified atom stereocenters. The van der Waals surface area contributed by atoms with Crippen molar-refractivity contribution in [2.24, 2.45) is 0 Å². The van der Waals surface area contributed by atoms with Crippen molar-refractivity contribution in [3.05, 3.63) is 53.5 Å². The molecule has 2 heterocycles. The molecule has 0 radical (unpaired) electrons. The van der Waals surface area contributed by atoms with Crippen LogP contribution in [0.1, 0.15) is 25.7 Å². The van der Waals surface area contributed by atoms with Crippen LogP contribution < -0.4 is 5.32 Å². The highest BCUT2D eigenvalue weighted by Gasteiger charge is 2.37. The van der Waals surface area contributed by atoms with Crippen LogP contribution in [0.2, 0.25) is 0 Å². The molecule has 20 heavy (non-hydrogen) atoms. The first-order chi connectivity index (χ1) is 9.83. The van der Waals surface area contributed by atoms with Crippen LogP contribution in [-0.2, 0) is 4.79 Å². The van der Waals surface area contributed by atoms with Gasteiger partial charge in [-0.3, -0.25) is 9.69 Å². The minimum Gasteiger partial charge on any atom is -0.317 e. The lowest BCUT2D eigenvalue weighted by atomic mass is 10.1. The van der Waals surface area contributed by atoms with Gasteiger partial charge in [0.2, 0.25) is 0 Å². The number of rotatable bonds is 1. The minimum atomic E-state index is 0.123. The number of carbonyl (C=O) groups excluding carboxylic acids is 1. The van der Waals surface area contributed by atoms with Crippen LogP contribution >= 0.6 is 0 Å². The second-order valence-corrected chi connectivity index (χ2v) is 5.42. The number of hydrogen-bond donors (Lipinski definition) is 1. The van der Waals surface area contributed by atoms with Gasteiger partial charge in [-0.2, -0.15) is 0 Å². The fourth-order valence-electron chi connectivity index (χ4n) is 3.23. The Labute approximate surface area is 120 Å². The molecule has 1 fully saturated rings. The molecule has 1 saturated heterocycles. The summed E-state index contributed by atoms with van der Waals surface area (Å²) in [4.78, 5) is 14.7. The van der Waals surface area contributed by atoms with Gasteiger partial charge in [-0.1, -0.05) is 24.8 Å². The monoisotopic (exact) mass is 268 g/mol. The maximum atomic E-state index is 12.8. The Kier molecular flexibility index (Phi) is 3.72. The average Bonchev–Trinajstić information content (AvgIpc) is 2.75. The van der Waals surface area contributed by atoms with Gasteiger partial charge in [0, 0.05) is 17.2 Å². The lowest BCUT2D eigenvalue weighted by molar-refractivity contribution is -0.125. The molecule has 0 saturated carbocycles. The summed E-state index contributed by atoms with van der Waals surface area (Å²) in [7, 11) is 0. The number of hydrogen-bond acceptors (Lipinski definition) is 2. The predicted octanol–water partition coefficient (Wildman–Crippen LogP) is 2.45. The van der Waals surface area contributed by atoms with Gasteiger partial charge in [-0.15, -0.1) is 5.73 Å². The van der Waals surface area contributed by atoms with Gasteiger partial charge in [0.15, 0.2) is 0 Å². The maximum Gasteiger partial charge on any atom is 0.259 e. The summed E-state index contributed by atoms with van der Waals surface area (Å²) in [5, 5.41) is 3.40. The first-order valence-corrected chi connectivity index (χ1v) is 7.34. The molecule has 3 heteroatoms. The van der Waals surface area contributed by atoms with Crippen molar-refractivity contribution in [3.8, 4) is 0 Å². The molecule has 3 nitrogen and oxygen atoms in total. The lowest BCUT2D eigenvalue weighted by Gasteiger charge is -2.28. The zero-order valence-corrected chi connectivity index (χ0v) is 11.7. The molecule has 0 aromatic carbocycles. The van der Waals surface area contributed by atoms with E-state index in [9.17, 15) is 4.79 Å². The van der Waals surface area contributed by atoms with Crippen molar-refractivity contribution in [3.63, 3.8) is 0 Å². The minimum absolute atomic E-state index is 0.123. The highest BCUT2D eigenvalue weighted by molar-refractivity contribution is 6.03. The molecule has 1 amide bonds. The van der Waals surface area contributed by atoms with Crippen molar-refractivity contribution in [2.45, 2.75) is 31.7 Å². The Morgan fingerprint density at radius 2 is 2.20 bits per heavy atom. The van der Waals surface area contributed by atoms with Crippen LogP contribution in [0.3, 0.4) is 0 Å². The molecule has 0 aromatic rings. The van der Waals surface area contributed by atoms with Gasteiger partial charge in [0.05, 0.1) is 5.70 Å². The van der Waals surface area contributed by atoms with Gasteiger partial charge >= 0.3 is 0 Å². The first kappa shape index (κ1) is 13.2.